The average Bonchev–Trinajstić information content (AvgIpc) is 2.99. The molecule has 1 aliphatic rings. The van der Waals surface area contributed by atoms with E-state index in [2.05, 4.69) is 34.0 Å². The first kappa shape index (κ1) is 16.7. The molecule has 1 atom stereocenters. The van der Waals surface area contributed by atoms with Gasteiger partial charge < -0.3 is 9.88 Å². The number of fused-ring (bicyclic) bond motifs is 1. The Morgan fingerprint density at radius 2 is 1.92 bits per heavy atom. The van der Waals surface area contributed by atoms with Crippen LogP contribution in [0.15, 0.2) is 47.5 Å². The number of hydrogen-bond acceptors (Lipinski definition) is 4. The molecule has 0 aliphatic carbocycles. The van der Waals surface area contributed by atoms with Crippen molar-refractivity contribution in [3.63, 3.8) is 0 Å². The number of carbonyl (C=O) groups excluding carboxylic acids is 1. The summed E-state index contributed by atoms with van der Waals surface area (Å²) in [5.74, 6) is -0.103. The molecule has 0 saturated heterocycles. The number of nitrogens with zero attached hydrogens (tertiary/aromatic N) is 2. The van der Waals surface area contributed by atoms with E-state index in [1.54, 1.807) is 12.1 Å². The van der Waals surface area contributed by atoms with Crippen molar-refractivity contribution < 1.29 is 13.2 Å². The second-order valence-corrected chi connectivity index (χ2v) is 8.13. The number of nitrogens with one attached hydrogen (secondary N) is 1. The summed E-state index contributed by atoms with van der Waals surface area (Å²) in [7, 11) is -3.22. The lowest BCUT2D eigenvalue weighted by atomic mass is 10.1. The van der Waals surface area contributed by atoms with Crippen LogP contribution in [0, 0.1) is 0 Å². The molecule has 0 saturated carbocycles. The molecule has 2 aromatic rings. The Labute approximate surface area is 142 Å². The maximum atomic E-state index is 12.3. The van der Waals surface area contributed by atoms with Crippen LogP contribution in [0.4, 0.5) is 5.69 Å². The molecule has 1 aliphatic heterocycles. The third kappa shape index (κ3) is 3.52. The summed E-state index contributed by atoms with van der Waals surface area (Å²) in [5, 5.41) is 2.82. The largest absolute Gasteiger partial charge is 0.349 e. The van der Waals surface area contributed by atoms with E-state index in [9.17, 15) is 13.2 Å². The summed E-state index contributed by atoms with van der Waals surface area (Å²) < 4.78 is 25.1. The molecule has 0 radical (unpaired) electrons. The lowest BCUT2D eigenvalue weighted by molar-refractivity contribution is -0.118. The molecule has 1 N–H and O–H groups in total. The van der Waals surface area contributed by atoms with Crippen molar-refractivity contribution in [1.82, 2.24) is 9.47 Å². The van der Waals surface area contributed by atoms with Gasteiger partial charge in [-0.3, -0.25) is 9.69 Å². The predicted octanol–water partition coefficient (Wildman–Crippen LogP) is 1.91. The lowest BCUT2D eigenvalue weighted by Gasteiger charge is -2.34. The Kier molecular flexibility index (Phi) is 4.47. The first-order valence-corrected chi connectivity index (χ1v) is 9.73. The number of anilines is 1. The first-order valence-electron chi connectivity index (χ1n) is 7.83. The molecular weight excluding hydrogens is 326 g/mol. The zero-order valence-corrected chi connectivity index (χ0v) is 14.6. The SMILES string of the molecule is CC1c2cccn2CCN1CC(=O)Nc1ccc(S(C)(=O)=O)cc1. The van der Waals surface area contributed by atoms with E-state index in [0.717, 1.165) is 19.3 Å². The van der Waals surface area contributed by atoms with Crippen molar-refractivity contribution in [2.75, 3.05) is 24.7 Å². The van der Waals surface area contributed by atoms with Crippen LogP contribution >= 0.6 is 0 Å². The van der Waals surface area contributed by atoms with Crippen molar-refractivity contribution in [2.45, 2.75) is 24.4 Å². The highest BCUT2D eigenvalue weighted by Crippen LogP contribution is 2.25. The molecule has 1 unspecified atom stereocenters. The van der Waals surface area contributed by atoms with E-state index < -0.39 is 9.84 Å². The fraction of sp³-hybridized carbons (Fsp3) is 0.353. The minimum atomic E-state index is -3.22. The van der Waals surface area contributed by atoms with E-state index in [1.807, 2.05) is 6.07 Å². The van der Waals surface area contributed by atoms with Crippen LogP contribution in [-0.4, -0.2) is 43.1 Å². The third-order valence-electron chi connectivity index (χ3n) is 4.38. The van der Waals surface area contributed by atoms with E-state index in [4.69, 9.17) is 0 Å². The molecule has 6 nitrogen and oxygen atoms in total. The van der Waals surface area contributed by atoms with Crippen LogP contribution in [0.25, 0.3) is 0 Å². The smallest absolute Gasteiger partial charge is 0.238 e. The van der Waals surface area contributed by atoms with Crippen molar-refractivity contribution in [3.8, 4) is 0 Å². The van der Waals surface area contributed by atoms with Crippen LogP contribution in [-0.2, 0) is 21.2 Å². The molecule has 3 rings (SSSR count). The molecule has 128 valence electrons. The Morgan fingerprint density at radius 3 is 2.58 bits per heavy atom. The molecule has 0 fully saturated rings. The normalized spacial score (nSPS) is 18.2. The van der Waals surface area contributed by atoms with E-state index in [-0.39, 0.29) is 16.8 Å². The van der Waals surface area contributed by atoms with Gasteiger partial charge in [-0.2, -0.15) is 0 Å². The molecule has 1 amide bonds. The average molecular weight is 347 g/mol. The number of sulfone groups is 1. The standard InChI is InChI=1S/C17H21N3O3S/c1-13-16-4-3-9-19(16)10-11-20(13)12-17(21)18-14-5-7-15(8-6-14)24(2,22)23/h3-9,13H,10-12H2,1-2H3,(H,18,21). The van der Waals surface area contributed by atoms with E-state index >= 15 is 0 Å². The minimum Gasteiger partial charge on any atom is -0.349 e. The van der Waals surface area contributed by atoms with Gasteiger partial charge in [0.1, 0.15) is 0 Å². The summed E-state index contributed by atoms with van der Waals surface area (Å²) >= 11 is 0. The number of aromatic nitrogens is 1. The van der Waals surface area contributed by atoms with Crippen molar-refractivity contribution in [3.05, 3.63) is 48.3 Å². The quantitative estimate of drug-likeness (QED) is 0.917. The maximum Gasteiger partial charge on any atom is 0.238 e. The monoisotopic (exact) mass is 347 g/mol. The zero-order valence-electron chi connectivity index (χ0n) is 13.8. The Bertz CT molecular complexity index is 840. The topological polar surface area (TPSA) is 71.4 Å². The number of benzene rings is 1. The Hall–Kier alpha value is -2.12. The van der Waals surface area contributed by atoms with Crippen LogP contribution < -0.4 is 5.32 Å². The molecule has 24 heavy (non-hydrogen) atoms. The van der Waals surface area contributed by atoms with Gasteiger partial charge in [0.2, 0.25) is 5.91 Å². The highest BCUT2D eigenvalue weighted by molar-refractivity contribution is 7.90. The molecular formula is C17H21N3O3S. The summed E-state index contributed by atoms with van der Waals surface area (Å²) in [6, 6.07) is 10.5. The van der Waals surface area contributed by atoms with Crippen molar-refractivity contribution in [2.24, 2.45) is 0 Å². The second-order valence-electron chi connectivity index (χ2n) is 6.12. The molecule has 0 spiro atoms. The Morgan fingerprint density at radius 1 is 1.21 bits per heavy atom. The van der Waals surface area contributed by atoms with E-state index in [0.29, 0.717) is 12.2 Å². The van der Waals surface area contributed by atoms with Gasteiger partial charge in [0.05, 0.1) is 11.4 Å². The van der Waals surface area contributed by atoms with Gasteiger partial charge in [0.25, 0.3) is 0 Å². The van der Waals surface area contributed by atoms with E-state index in [1.165, 1.54) is 17.8 Å². The predicted molar refractivity (Wildman–Crippen MR) is 92.6 cm³/mol. The fourth-order valence-electron chi connectivity index (χ4n) is 3.01. The van der Waals surface area contributed by atoms with Gasteiger partial charge in [-0.25, -0.2) is 8.42 Å². The van der Waals surface area contributed by atoms with Gasteiger partial charge in [-0.05, 0) is 43.3 Å². The summed E-state index contributed by atoms with van der Waals surface area (Å²) in [4.78, 5) is 14.7. The van der Waals surface area contributed by atoms with Gasteiger partial charge in [-0.15, -0.1) is 0 Å². The fourth-order valence-corrected chi connectivity index (χ4v) is 3.64. The third-order valence-corrected chi connectivity index (χ3v) is 5.51. The summed E-state index contributed by atoms with van der Waals surface area (Å²) in [5.41, 5.74) is 1.81. The molecule has 2 heterocycles. The van der Waals surface area contributed by atoms with Crippen LogP contribution in [0.3, 0.4) is 0 Å². The molecule has 1 aromatic carbocycles. The summed E-state index contributed by atoms with van der Waals surface area (Å²) in [6.07, 6.45) is 3.22. The number of rotatable bonds is 4. The van der Waals surface area contributed by atoms with Gasteiger partial charge >= 0.3 is 0 Å². The van der Waals surface area contributed by atoms with Gasteiger partial charge in [0, 0.05) is 43.0 Å². The number of hydrogen-bond donors (Lipinski definition) is 1. The van der Waals surface area contributed by atoms with Crippen molar-refractivity contribution in [1.29, 1.82) is 0 Å². The van der Waals surface area contributed by atoms with Crippen LogP contribution in [0.1, 0.15) is 18.7 Å². The Balaban J connectivity index is 1.62. The van der Waals surface area contributed by atoms with Crippen molar-refractivity contribution >= 4 is 21.4 Å². The van der Waals surface area contributed by atoms with Gasteiger partial charge in [0.15, 0.2) is 9.84 Å². The highest BCUT2D eigenvalue weighted by Gasteiger charge is 2.24. The lowest BCUT2D eigenvalue weighted by Crippen LogP contribution is -2.41. The van der Waals surface area contributed by atoms with Crippen LogP contribution in [0.2, 0.25) is 0 Å². The second kappa shape index (κ2) is 6.41. The number of amides is 1. The zero-order chi connectivity index (χ0) is 17.3. The molecule has 0 bridgehead atoms. The van der Waals surface area contributed by atoms with Gasteiger partial charge in [-0.1, -0.05) is 0 Å². The first-order chi connectivity index (χ1) is 11.3. The highest BCUT2D eigenvalue weighted by atomic mass is 32.2. The summed E-state index contributed by atoms with van der Waals surface area (Å²) in [6.45, 7) is 4.10. The molecule has 1 aromatic heterocycles. The maximum absolute atomic E-state index is 12.3. The molecule has 7 heteroatoms. The van der Waals surface area contributed by atoms with Crippen LogP contribution in [0.5, 0.6) is 0 Å². The number of carbonyl (C=O) groups is 1. The minimum absolute atomic E-state index is 0.103.